The van der Waals surface area contributed by atoms with Gasteiger partial charge in [0.1, 0.15) is 0 Å². The monoisotopic (exact) mass is 202 g/mol. The van der Waals surface area contributed by atoms with Crippen LogP contribution in [0.2, 0.25) is 0 Å². The summed E-state index contributed by atoms with van der Waals surface area (Å²) in [6.07, 6.45) is 4.20. The average molecular weight is 202 g/mol. The molecule has 0 amide bonds. The van der Waals surface area contributed by atoms with Crippen molar-refractivity contribution >= 4 is 11.4 Å². The van der Waals surface area contributed by atoms with E-state index in [0.29, 0.717) is 0 Å². The predicted octanol–water partition coefficient (Wildman–Crippen LogP) is 2.57. The normalized spacial score (nSPS) is 28.7. The fourth-order valence-electron chi connectivity index (χ4n) is 3.05. The molecule has 2 atom stereocenters. The third-order valence-electron chi connectivity index (χ3n) is 4.00. The zero-order valence-corrected chi connectivity index (χ0v) is 9.24. The van der Waals surface area contributed by atoms with Crippen molar-refractivity contribution in [3.63, 3.8) is 0 Å². The fraction of sp³-hybridized carbons (Fsp3) is 0.538. The first-order valence-electron chi connectivity index (χ1n) is 5.87. The second kappa shape index (κ2) is 3.16. The standard InChI is InChI=1S/C13H18N2/c1-9-2-4-12(7-13(9)14)15-8-10-3-5-11(15)6-10/h2,4,7,10-11H,3,5-6,8,14H2,1H3/t10-,11-/m0/s1. The van der Waals surface area contributed by atoms with E-state index in [2.05, 4.69) is 30.0 Å². The molecule has 15 heavy (non-hydrogen) atoms. The van der Waals surface area contributed by atoms with E-state index < -0.39 is 0 Å². The summed E-state index contributed by atoms with van der Waals surface area (Å²) in [7, 11) is 0. The molecule has 2 bridgehead atoms. The first kappa shape index (κ1) is 9.08. The Morgan fingerprint density at radius 1 is 1.33 bits per heavy atom. The van der Waals surface area contributed by atoms with Gasteiger partial charge in [-0.1, -0.05) is 6.07 Å². The van der Waals surface area contributed by atoms with Gasteiger partial charge in [-0.3, -0.25) is 0 Å². The van der Waals surface area contributed by atoms with Crippen LogP contribution in [0.4, 0.5) is 11.4 Å². The van der Waals surface area contributed by atoms with E-state index in [-0.39, 0.29) is 0 Å². The molecule has 1 saturated carbocycles. The van der Waals surface area contributed by atoms with Gasteiger partial charge in [0.25, 0.3) is 0 Å². The molecule has 1 aliphatic carbocycles. The molecule has 2 N–H and O–H groups in total. The average Bonchev–Trinajstić information content (AvgIpc) is 2.83. The van der Waals surface area contributed by atoms with E-state index in [1.54, 1.807) is 0 Å². The third-order valence-corrected chi connectivity index (χ3v) is 4.00. The highest BCUT2D eigenvalue weighted by Gasteiger charge is 2.37. The van der Waals surface area contributed by atoms with E-state index in [9.17, 15) is 0 Å². The van der Waals surface area contributed by atoms with Crippen molar-refractivity contribution in [3.05, 3.63) is 23.8 Å². The molecule has 2 fully saturated rings. The summed E-state index contributed by atoms with van der Waals surface area (Å²) in [5.41, 5.74) is 9.39. The molecule has 1 aromatic rings. The lowest BCUT2D eigenvalue weighted by molar-refractivity contribution is 0.553. The van der Waals surface area contributed by atoms with E-state index in [1.165, 1.54) is 37.1 Å². The highest BCUT2D eigenvalue weighted by molar-refractivity contribution is 5.60. The van der Waals surface area contributed by atoms with Crippen LogP contribution in [0.1, 0.15) is 24.8 Å². The molecule has 1 aliphatic heterocycles. The number of nitrogens with zero attached hydrogens (tertiary/aromatic N) is 1. The minimum atomic E-state index is 0.789. The van der Waals surface area contributed by atoms with Gasteiger partial charge in [-0.15, -0.1) is 0 Å². The Bertz CT molecular complexity index is 386. The Kier molecular flexibility index (Phi) is 1.91. The first-order chi connectivity index (χ1) is 7.24. The second-order valence-corrected chi connectivity index (χ2v) is 5.03. The lowest BCUT2D eigenvalue weighted by atomic mass is 10.1. The number of nitrogens with two attached hydrogens (primary N) is 1. The lowest BCUT2D eigenvalue weighted by Crippen LogP contribution is -2.31. The Labute approximate surface area is 91.1 Å². The maximum Gasteiger partial charge on any atom is 0.0389 e. The summed E-state index contributed by atoms with van der Waals surface area (Å²) < 4.78 is 0. The minimum absolute atomic E-state index is 0.789. The van der Waals surface area contributed by atoms with E-state index in [0.717, 1.165) is 17.6 Å². The fourth-order valence-corrected chi connectivity index (χ4v) is 3.05. The van der Waals surface area contributed by atoms with E-state index >= 15 is 0 Å². The third kappa shape index (κ3) is 1.39. The predicted molar refractivity (Wildman–Crippen MR) is 64.1 cm³/mol. The summed E-state index contributed by atoms with van der Waals surface area (Å²) in [4.78, 5) is 2.55. The van der Waals surface area contributed by atoms with Crippen molar-refractivity contribution in [2.75, 3.05) is 17.2 Å². The summed E-state index contributed by atoms with van der Waals surface area (Å²) in [6, 6.07) is 7.27. The molecule has 80 valence electrons. The number of anilines is 2. The topological polar surface area (TPSA) is 29.3 Å². The number of benzene rings is 1. The van der Waals surface area contributed by atoms with Gasteiger partial charge < -0.3 is 10.6 Å². The smallest absolute Gasteiger partial charge is 0.0389 e. The van der Waals surface area contributed by atoms with Crippen molar-refractivity contribution in [3.8, 4) is 0 Å². The molecule has 0 unspecified atom stereocenters. The highest BCUT2D eigenvalue weighted by Crippen LogP contribution is 2.40. The number of hydrogen-bond acceptors (Lipinski definition) is 2. The van der Waals surface area contributed by atoms with Crippen LogP contribution in [-0.2, 0) is 0 Å². The Morgan fingerprint density at radius 3 is 2.80 bits per heavy atom. The van der Waals surface area contributed by atoms with Crippen LogP contribution in [0.25, 0.3) is 0 Å². The molecule has 2 aliphatic rings. The van der Waals surface area contributed by atoms with Gasteiger partial charge in [0.05, 0.1) is 0 Å². The van der Waals surface area contributed by atoms with Gasteiger partial charge >= 0.3 is 0 Å². The molecule has 2 heteroatoms. The summed E-state index contributed by atoms with van der Waals surface area (Å²) in [6.45, 7) is 3.31. The number of hydrogen-bond donors (Lipinski definition) is 1. The van der Waals surface area contributed by atoms with Gasteiger partial charge in [-0.2, -0.15) is 0 Å². The van der Waals surface area contributed by atoms with Crippen LogP contribution >= 0.6 is 0 Å². The van der Waals surface area contributed by atoms with Gasteiger partial charge in [0, 0.05) is 24.0 Å². The lowest BCUT2D eigenvalue weighted by Gasteiger charge is -2.29. The largest absolute Gasteiger partial charge is 0.398 e. The second-order valence-electron chi connectivity index (χ2n) is 5.03. The summed E-state index contributed by atoms with van der Waals surface area (Å²) >= 11 is 0. The van der Waals surface area contributed by atoms with Crippen LogP contribution in [0, 0.1) is 12.8 Å². The number of rotatable bonds is 1. The van der Waals surface area contributed by atoms with Crippen LogP contribution in [0.5, 0.6) is 0 Å². The molecule has 1 saturated heterocycles. The Hall–Kier alpha value is -1.18. The number of nitrogen functional groups attached to an aromatic ring is 1. The Balaban J connectivity index is 1.90. The summed E-state index contributed by atoms with van der Waals surface area (Å²) in [5.74, 6) is 0.942. The molecular formula is C13H18N2. The van der Waals surface area contributed by atoms with Crippen LogP contribution in [-0.4, -0.2) is 12.6 Å². The van der Waals surface area contributed by atoms with Gasteiger partial charge in [0.2, 0.25) is 0 Å². The van der Waals surface area contributed by atoms with Crippen LogP contribution < -0.4 is 10.6 Å². The first-order valence-corrected chi connectivity index (χ1v) is 5.87. The minimum Gasteiger partial charge on any atom is -0.398 e. The molecule has 0 aromatic heterocycles. The highest BCUT2D eigenvalue weighted by atomic mass is 15.2. The molecular weight excluding hydrogens is 184 g/mol. The van der Waals surface area contributed by atoms with Crippen molar-refractivity contribution in [1.82, 2.24) is 0 Å². The molecule has 1 aromatic carbocycles. The molecule has 3 rings (SSSR count). The SMILES string of the molecule is Cc1ccc(N2C[C@H]3CC[C@H]2C3)cc1N. The molecule has 0 radical (unpaired) electrons. The molecule has 1 heterocycles. The zero-order valence-electron chi connectivity index (χ0n) is 9.24. The maximum absolute atomic E-state index is 5.96. The van der Waals surface area contributed by atoms with Crippen molar-refractivity contribution in [2.45, 2.75) is 32.2 Å². The number of fused-ring (bicyclic) bond motifs is 2. The van der Waals surface area contributed by atoms with Gasteiger partial charge in [-0.25, -0.2) is 0 Å². The van der Waals surface area contributed by atoms with Crippen LogP contribution in [0.3, 0.4) is 0 Å². The quantitative estimate of drug-likeness (QED) is 0.709. The van der Waals surface area contributed by atoms with E-state index in [4.69, 9.17) is 5.73 Å². The maximum atomic E-state index is 5.96. The van der Waals surface area contributed by atoms with Crippen molar-refractivity contribution < 1.29 is 0 Å². The number of piperidine rings is 1. The van der Waals surface area contributed by atoms with Gasteiger partial charge in [0.15, 0.2) is 0 Å². The summed E-state index contributed by atoms with van der Waals surface area (Å²) in [5, 5.41) is 0. The van der Waals surface area contributed by atoms with Crippen LogP contribution in [0.15, 0.2) is 18.2 Å². The Morgan fingerprint density at radius 2 is 2.20 bits per heavy atom. The van der Waals surface area contributed by atoms with Gasteiger partial charge in [-0.05, 0) is 49.8 Å². The van der Waals surface area contributed by atoms with E-state index in [1.807, 2.05) is 0 Å². The number of aryl methyl sites for hydroxylation is 1. The molecule has 2 nitrogen and oxygen atoms in total. The molecule has 0 spiro atoms. The van der Waals surface area contributed by atoms with Crippen molar-refractivity contribution in [2.24, 2.45) is 5.92 Å². The van der Waals surface area contributed by atoms with Crippen molar-refractivity contribution in [1.29, 1.82) is 0 Å². The zero-order chi connectivity index (χ0) is 10.4.